The molecule has 0 saturated heterocycles. The molecule has 0 aliphatic rings. The van der Waals surface area contributed by atoms with Gasteiger partial charge >= 0.3 is 5.97 Å². The molecular weight excluding hydrogens is 851 g/mol. The molecule has 0 aliphatic carbocycles. The van der Waals surface area contributed by atoms with Gasteiger partial charge in [0.05, 0.1) is 36.1 Å². The second-order valence-corrected chi connectivity index (χ2v) is 15.4. The number of hydrogen-bond acceptors (Lipinski definition) is 12. The van der Waals surface area contributed by atoms with Crippen molar-refractivity contribution < 1.29 is 38.6 Å². The highest BCUT2D eigenvalue weighted by atomic mass is 16.5. The number of primary amides is 2. The number of anilines is 1. The molecule has 5 heterocycles. The number of ether oxygens (including phenoxy) is 2. The Labute approximate surface area is 377 Å². The number of rotatable bonds is 21. The predicted octanol–water partition coefficient (Wildman–Crippen LogP) is 4.51. The Hall–Kier alpha value is -8.10. The summed E-state index contributed by atoms with van der Waals surface area (Å²) >= 11 is 0. The van der Waals surface area contributed by atoms with E-state index in [9.17, 15) is 24.0 Å². The minimum absolute atomic E-state index is 0.0889. The summed E-state index contributed by atoms with van der Waals surface area (Å²) in [6.07, 6.45) is 6.11. The van der Waals surface area contributed by atoms with Crippen LogP contribution < -0.4 is 31.6 Å². The Balaban J connectivity index is 1.27. The number of aliphatic carboxylic acids is 1. The number of carboxylic acids is 1. The van der Waals surface area contributed by atoms with E-state index in [1.807, 2.05) is 48.2 Å². The van der Waals surface area contributed by atoms with E-state index in [0.29, 0.717) is 81.2 Å². The molecule has 7 rings (SSSR count). The number of nitrogens with two attached hydrogens (primary N) is 2. The summed E-state index contributed by atoms with van der Waals surface area (Å²) in [5, 5.41) is 24.9. The Bertz CT molecular complexity index is 3050. The number of hydrogen-bond donors (Lipinski definition) is 5. The van der Waals surface area contributed by atoms with Gasteiger partial charge in [0, 0.05) is 73.7 Å². The summed E-state index contributed by atoms with van der Waals surface area (Å²) < 4.78 is 19.2. The number of imidazole rings is 1. The number of allylic oxidation sites excluding steroid dienone is 2. The van der Waals surface area contributed by atoms with E-state index in [0.717, 1.165) is 11.4 Å². The predicted molar refractivity (Wildman–Crippen MR) is 244 cm³/mol. The van der Waals surface area contributed by atoms with E-state index >= 15 is 0 Å². The summed E-state index contributed by atoms with van der Waals surface area (Å²) in [6.45, 7) is 9.43. The van der Waals surface area contributed by atoms with Crippen molar-refractivity contribution in [3.05, 3.63) is 83.0 Å². The zero-order valence-corrected chi connectivity index (χ0v) is 37.3. The molecule has 2 aromatic carbocycles. The maximum Gasteiger partial charge on any atom is 0.303 e. The SMILES string of the molecule is CCn1nc(C)cc1C(=O)Nc1nc2cc(C(N)=O)cc(OC)c2n1C/C=C/Cn1c2nc(-c3cc(C)nn3CC)ncc2c2cc(C(N)=O)cc(OCCCNC(=O)CCCC(=O)O)c21. The monoisotopic (exact) mass is 901 g/mol. The smallest absolute Gasteiger partial charge is 0.303 e. The van der Waals surface area contributed by atoms with Gasteiger partial charge in [-0.3, -0.25) is 38.7 Å². The van der Waals surface area contributed by atoms with Crippen LogP contribution in [0.2, 0.25) is 0 Å². The molecule has 5 aromatic heterocycles. The van der Waals surface area contributed by atoms with Crippen LogP contribution in [0.3, 0.4) is 0 Å². The number of nitrogens with one attached hydrogen (secondary N) is 2. The molecule has 0 unspecified atom stereocenters. The molecule has 4 amide bonds. The van der Waals surface area contributed by atoms with Crippen LogP contribution in [0, 0.1) is 13.8 Å². The first-order valence-corrected chi connectivity index (χ1v) is 21.4. The maximum atomic E-state index is 13.7. The summed E-state index contributed by atoms with van der Waals surface area (Å²) in [4.78, 5) is 76.4. The zero-order chi connectivity index (χ0) is 47.2. The topological polar surface area (TPSA) is 284 Å². The molecule has 7 aromatic rings. The van der Waals surface area contributed by atoms with Gasteiger partial charge in [-0.25, -0.2) is 15.0 Å². The van der Waals surface area contributed by atoms with E-state index in [1.54, 1.807) is 40.6 Å². The maximum absolute atomic E-state index is 13.7. The van der Waals surface area contributed by atoms with Crippen molar-refractivity contribution in [1.82, 2.24) is 49.0 Å². The number of fused-ring (bicyclic) bond motifs is 4. The third kappa shape index (κ3) is 9.68. The Morgan fingerprint density at radius 3 is 2.17 bits per heavy atom. The molecule has 21 nitrogen and oxygen atoms in total. The van der Waals surface area contributed by atoms with Gasteiger partial charge < -0.3 is 40.5 Å². The molecule has 0 bridgehead atoms. The van der Waals surface area contributed by atoms with E-state index in [2.05, 4.69) is 20.8 Å². The molecule has 0 atom stereocenters. The highest BCUT2D eigenvalue weighted by molar-refractivity contribution is 6.12. The van der Waals surface area contributed by atoms with Crippen molar-refractivity contribution in [1.29, 1.82) is 0 Å². The summed E-state index contributed by atoms with van der Waals surface area (Å²) in [5.74, 6) is -1.73. The molecule has 0 fully saturated rings. The summed E-state index contributed by atoms with van der Waals surface area (Å²) in [6, 6.07) is 9.91. The van der Waals surface area contributed by atoms with Crippen LogP contribution in [0.25, 0.3) is 44.5 Å². The molecule has 7 N–H and O–H groups in total. The number of carbonyl (C=O) groups excluding carboxylic acids is 4. The van der Waals surface area contributed by atoms with Gasteiger partial charge in [-0.2, -0.15) is 10.2 Å². The lowest BCUT2D eigenvalue weighted by Gasteiger charge is -2.13. The van der Waals surface area contributed by atoms with Crippen molar-refractivity contribution >= 4 is 68.5 Å². The number of nitrogens with zero attached hydrogens (tertiary/aromatic N) is 9. The highest BCUT2D eigenvalue weighted by Gasteiger charge is 2.23. The third-order valence-electron chi connectivity index (χ3n) is 10.8. The minimum atomic E-state index is -0.963. The lowest BCUT2D eigenvalue weighted by atomic mass is 10.1. The standard InChI is InChI=1S/C45H51N13O8/c1-6-57-32(18-25(3)53-57)42-49-24-30-29-20-27(40(46)62)23-35(66-17-11-14-48-36(59)12-10-13-37(60)61)38(29)55(43(30)51-42)15-8-9-16-56-39-31(21-28(41(47)63)22-34(39)65-5)50-45(56)52-44(64)33-19-26(4)54-58(33)7-2/h8-9,18-24H,6-7,10-17H2,1-5H3,(H2,46,62)(H2,47,63)(H,48,59)(H,60,61)(H,50,52,64)/b9-8+. The Kier molecular flexibility index (Phi) is 13.7. The van der Waals surface area contributed by atoms with Crippen molar-refractivity contribution in [2.45, 2.75) is 79.6 Å². The van der Waals surface area contributed by atoms with E-state index < -0.39 is 23.7 Å². The first kappa shape index (κ1) is 45.9. The lowest BCUT2D eigenvalue weighted by molar-refractivity contribution is -0.137. The summed E-state index contributed by atoms with van der Waals surface area (Å²) in [7, 11) is 1.46. The molecule has 21 heteroatoms. The number of aryl methyl sites for hydroxylation is 4. The average molecular weight is 902 g/mol. The molecule has 344 valence electrons. The normalized spacial score (nSPS) is 11.5. The quantitative estimate of drug-likeness (QED) is 0.0491. The van der Waals surface area contributed by atoms with Crippen LogP contribution in [0.5, 0.6) is 11.5 Å². The Morgan fingerprint density at radius 2 is 1.47 bits per heavy atom. The largest absolute Gasteiger partial charge is 0.494 e. The molecule has 66 heavy (non-hydrogen) atoms. The number of carboxylic acid groups (broad SMARTS) is 1. The van der Waals surface area contributed by atoms with Crippen LogP contribution in [0.1, 0.15) is 82.1 Å². The molecular formula is C45H51N13O8. The molecule has 0 radical (unpaired) electrons. The van der Waals surface area contributed by atoms with Crippen molar-refractivity contribution in [3.8, 4) is 23.0 Å². The zero-order valence-electron chi connectivity index (χ0n) is 37.3. The fourth-order valence-corrected chi connectivity index (χ4v) is 7.75. The second-order valence-electron chi connectivity index (χ2n) is 15.4. The average Bonchev–Trinajstić information content (AvgIpc) is 4.05. The fraction of sp³-hybridized carbons (Fsp3) is 0.333. The van der Waals surface area contributed by atoms with Gasteiger partial charge in [-0.15, -0.1) is 0 Å². The van der Waals surface area contributed by atoms with Crippen LogP contribution in [-0.2, 0) is 35.8 Å². The molecule has 0 spiro atoms. The van der Waals surface area contributed by atoms with Gasteiger partial charge in [0.15, 0.2) is 5.82 Å². The second kappa shape index (κ2) is 19.7. The van der Waals surface area contributed by atoms with Crippen molar-refractivity contribution in [3.63, 3.8) is 0 Å². The van der Waals surface area contributed by atoms with Crippen LogP contribution in [-0.4, -0.2) is 98.6 Å². The van der Waals surface area contributed by atoms with E-state index in [4.69, 9.17) is 41.0 Å². The number of methoxy groups -OCH3 is 1. The minimum Gasteiger partial charge on any atom is -0.494 e. The van der Waals surface area contributed by atoms with Gasteiger partial charge in [0.1, 0.15) is 34.1 Å². The Morgan fingerprint density at radius 1 is 0.788 bits per heavy atom. The van der Waals surface area contributed by atoms with Crippen molar-refractivity contribution in [2.75, 3.05) is 25.6 Å². The van der Waals surface area contributed by atoms with Crippen LogP contribution in [0.4, 0.5) is 5.95 Å². The first-order chi connectivity index (χ1) is 31.7. The van der Waals surface area contributed by atoms with Gasteiger partial charge in [-0.1, -0.05) is 12.2 Å². The third-order valence-corrected chi connectivity index (χ3v) is 10.8. The summed E-state index contributed by atoms with van der Waals surface area (Å²) in [5.41, 5.74) is 16.4. The molecule has 0 aliphatic heterocycles. The van der Waals surface area contributed by atoms with Gasteiger partial charge in [0.25, 0.3) is 5.91 Å². The molecule has 0 saturated carbocycles. The fourth-order valence-electron chi connectivity index (χ4n) is 7.75. The number of carbonyl (C=O) groups is 5. The number of benzene rings is 2. The first-order valence-electron chi connectivity index (χ1n) is 21.4. The van der Waals surface area contributed by atoms with E-state index in [1.165, 1.54) is 19.2 Å². The van der Waals surface area contributed by atoms with Gasteiger partial charge in [0.2, 0.25) is 23.7 Å². The highest BCUT2D eigenvalue weighted by Crippen LogP contribution is 2.37. The van der Waals surface area contributed by atoms with Crippen LogP contribution >= 0.6 is 0 Å². The van der Waals surface area contributed by atoms with Crippen LogP contribution in [0.15, 0.2) is 54.7 Å². The van der Waals surface area contributed by atoms with Gasteiger partial charge in [-0.05, 0) is 76.9 Å². The number of amides is 4. The van der Waals surface area contributed by atoms with E-state index in [-0.39, 0.29) is 68.5 Å². The van der Waals surface area contributed by atoms with Crippen molar-refractivity contribution in [2.24, 2.45) is 11.5 Å². The number of aromatic nitrogens is 9. The lowest BCUT2D eigenvalue weighted by Crippen LogP contribution is -2.25.